The predicted molar refractivity (Wildman–Crippen MR) is 191 cm³/mol. The van der Waals surface area contributed by atoms with Crippen molar-refractivity contribution in [1.82, 2.24) is 43.6 Å². The molecule has 0 aliphatic carbocycles. The highest BCUT2D eigenvalue weighted by molar-refractivity contribution is 6.04. The predicted octanol–water partition coefficient (Wildman–Crippen LogP) is 3.16. The Hall–Kier alpha value is -6.36. The second-order valence-electron chi connectivity index (χ2n) is 11.7. The molecule has 0 unspecified atom stereocenters. The summed E-state index contributed by atoms with van der Waals surface area (Å²) in [6, 6.07) is 8.35. The van der Waals surface area contributed by atoms with Gasteiger partial charge in [-0.25, -0.2) is 15.0 Å². The largest absolute Gasteiger partial charge is 0.494 e. The SMILES string of the molecule is CCn1nc(C)cc1C(=O)Nc1nc2cc(CN)cnc2n1C/C=C/Cn1c(NC(=O)c2cc(C)nn2CC)nc2cc(C(N)=O)cc(OC)c21. The van der Waals surface area contributed by atoms with E-state index in [0.717, 1.165) is 11.3 Å². The standard InChI is InChI=1S/C34H39N13O4/c1-6-46-25(12-19(3)42-46)31(49)40-33-38-23-15-22(29(36)48)16-27(51-5)28(23)44(33)10-8-9-11-45-30-24(14-21(17-35)18-37-30)39-34(45)41-32(50)26-13-20(4)43-47(26)7-2/h8-9,12-16,18H,6-7,10-11,17,35H2,1-5H3,(H2,36,48)(H,38,40,49)(H,39,41,50)/b9-8+. The van der Waals surface area contributed by atoms with Crippen molar-refractivity contribution in [3.63, 3.8) is 0 Å². The molecule has 51 heavy (non-hydrogen) atoms. The number of carbonyl (C=O) groups is 3. The third-order valence-corrected chi connectivity index (χ3v) is 8.25. The summed E-state index contributed by atoms with van der Waals surface area (Å²) in [7, 11) is 1.48. The van der Waals surface area contributed by atoms with Crippen LogP contribution in [0, 0.1) is 13.8 Å². The minimum Gasteiger partial charge on any atom is -0.494 e. The normalized spacial score (nSPS) is 11.6. The summed E-state index contributed by atoms with van der Waals surface area (Å²) in [5.74, 6) is -0.531. The van der Waals surface area contributed by atoms with Crippen molar-refractivity contribution in [2.75, 3.05) is 17.7 Å². The minimum absolute atomic E-state index is 0.209. The van der Waals surface area contributed by atoms with Crippen LogP contribution in [0.3, 0.4) is 0 Å². The molecule has 0 radical (unpaired) electrons. The van der Waals surface area contributed by atoms with Crippen LogP contribution >= 0.6 is 0 Å². The number of methoxy groups -OCH3 is 1. The van der Waals surface area contributed by atoms with E-state index in [1.54, 1.807) is 42.9 Å². The molecule has 1 aromatic carbocycles. The zero-order valence-corrected chi connectivity index (χ0v) is 29.0. The van der Waals surface area contributed by atoms with Gasteiger partial charge in [0.15, 0.2) is 5.65 Å². The third-order valence-electron chi connectivity index (χ3n) is 8.25. The number of hydrogen-bond acceptors (Lipinski definition) is 10. The average Bonchev–Trinajstić information content (AvgIpc) is 3.88. The number of allylic oxidation sites excluding steroid dienone is 2. The molecule has 6 N–H and O–H groups in total. The second kappa shape index (κ2) is 14.2. The van der Waals surface area contributed by atoms with Gasteiger partial charge in [-0.3, -0.25) is 38.9 Å². The van der Waals surface area contributed by atoms with Crippen LogP contribution in [-0.2, 0) is 32.7 Å². The van der Waals surface area contributed by atoms with Crippen LogP contribution < -0.4 is 26.8 Å². The number of hydrogen-bond donors (Lipinski definition) is 4. The van der Waals surface area contributed by atoms with Crippen LogP contribution in [0.25, 0.3) is 22.2 Å². The van der Waals surface area contributed by atoms with Gasteiger partial charge in [-0.1, -0.05) is 12.2 Å². The Kier molecular flexibility index (Phi) is 9.63. The van der Waals surface area contributed by atoms with Crippen molar-refractivity contribution in [3.8, 4) is 5.75 Å². The van der Waals surface area contributed by atoms with Crippen molar-refractivity contribution < 1.29 is 19.1 Å². The molecule has 0 saturated heterocycles. The molecule has 6 rings (SSSR count). The van der Waals surface area contributed by atoms with Crippen LogP contribution in [-0.4, -0.2) is 68.5 Å². The quantitative estimate of drug-likeness (QED) is 0.129. The van der Waals surface area contributed by atoms with Crippen molar-refractivity contribution in [1.29, 1.82) is 0 Å². The molecule has 6 aromatic rings. The number of amides is 3. The van der Waals surface area contributed by atoms with Gasteiger partial charge in [0.1, 0.15) is 28.2 Å². The minimum atomic E-state index is -0.644. The van der Waals surface area contributed by atoms with Crippen LogP contribution in [0.15, 0.2) is 48.7 Å². The number of ether oxygens (including phenoxy) is 1. The Bertz CT molecular complexity index is 2330. The number of nitrogens with one attached hydrogen (secondary N) is 2. The summed E-state index contributed by atoms with van der Waals surface area (Å²) in [6.45, 7) is 9.28. The molecular formula is C34H39N13O4. The first kappa shape index (κ1) is 34.5. The zero-order chi connectivity index (χ0) is 36.4. The number of rotatable bonds is 13. The van der Waals surface area contributed by atoms with Crippen molar-refractivity contribution in [3.05, 3.63) is 82.6 Å². The topological polar surface area (TPSA) is 221 Å². The summed E-state index contributed by atoms with van der Waals surface area (Å²) in [6.07, 6.45) is 5.43. The van der Waals surface area contributed by atoms with Crippen LogP contribution in [0.1, 0.15) is 62.1 Å². The molecule has 5 aromatic heterocycles. The number of nitrogens with two attached hydrogens (primary N) is 2. The molecule has 0 fully saturated rings. The van der Waals surface area contributed by atoms with Gasteiger partial charge in [0.2, 0.25) is 17.8 Å². The van der Waals surface area contributed by atoms with Crippen molar-refractivity contribution >= 4 is 51.8 Å². The maximum Gasteiger partial charge on any atom is 0.276 e. The third kappa shape index (κ3) is 6.78. The van der Waals surface area contributed by atoms with Gasteiger partial charge in [0.05, 0.1) is 24.0 Å². The van der Waals surface area contributed by atoms with E-state index in [9.17, 15) is 14.4 Å². The average molecular weight is 694 g/mol. The molecule has 0 bridgehead atoms. The Balaban J connectivity index is 1.35. The van der Waals surface area contributed by atoms with Gasteiger partial charge >= 0.3 is 0 Å². The molecule has 17 nitrogen and oxygen atoms in total. The molecule has 264 valence electrons. The molecule has 17 heteroatoms. The number of imidazole rings is 2. The van der Waals surface area contributed by atoms with Crippen molar-refractivity contribution in [2.45, 2.75) is 60.4 Å². The van der Waals surface area contributed by atoms with E-state index in [2.05, 4.69) is 35.8 Å². The van der Waals surface area contributed by atoms with Gasteiger partial charge in [0, 0.05) is 44.5 Å². The van der Waals surface area contributed by atoms with E-state index in [0.29, 0.717) is 64.1 Å². The molecule has 0 spiro atoms. The lowest BCUT2D eigenvalue weighted by molar-refractivity contribution is 0.0994. The lowest BCUT2D eigenvalue weighted by atomic mass is 10.1. The number of aromatic nitrogens is 9. The van der Waals surface area contributed by atoms with E-state index in [1.807, 2.05) is 45.9 Å². The summed E-state index contributed by atoms with van der Waals surface area (Å²) in [5.41, 5.74) is 16.7. The number of nitrogens with zero attached hydrogens (tertiary/aromatic N) is 9. The highest BCUT2D eigenvalue weighted by atomic mass is 16.5. The van der Waals surface area contributed by atoms with Gasteiger partial charge in [-0.2, -0.15) is 10.2 Å². The van der Waals surface area contributed by atoms with Crippen LogP contribution in [0.2, 0.25) is 0 Å². The lowest BCUT2D eigenvalue weighted by Crippen LogP contribution is -2.20. The number of carbonyl (C=O) groups excluding carboxylic acids is 3. The Labute approximate surface area is 292 Å². The fraction of sp³-hybridized carbons (Fsp3) is 0.294. The number of primary amides is 1. The van der Waals surface area contributed by atoms with Gasteiger partial charge in [-0.05, 0) is 63.6 Å². The molecule has 0 saturated carbocycles. The van der Waals surface area contributed by atoms with Gasteiger partial charge in [0.25, 0.3) is 11.8 Å². The number of aryl methyl sites for hydroxylation is 4. The monoisotopic (exact) mass is 693 g/mol. The van der Waals surface area contributed by atoms with E-state index >= 15 is 0 Å². The molecule has 0 aliphatic rings. The van der Waals surface area contributed by atoms with Crippen LogP contribution in [0.5, 0.6) is 5.75 Å². The number of benzene rings is 1. The Morgan fingerprint density at radius 2 is 1.39 bits per heavy atom. The lowest BCUT2D eigenvalue weighted by Gasteiger charge is -2.11. The molecule has 3 amide bonds. The smallest absolute Gasteiger partial charge is 0.276 e. The summed E-state index contributed by atoms with van der Waals surface area (Å²) in [4.78, 5) is 52.9. The Morgan fingerprint density at radius 3 is 1.94 bits per heavy atom. The van der Waals surface area contributed by atoms with E-state index in [-0.39, 0.29) is 37.1 Å². The van der Waals surface area contributed by atoms with E-state index < -0.39 is 11.8 Å². The fourth-order valence-electron chi connectivity index (χ4n) is 5.86. The number of anilines is 2. The highest BCUT2D eigenvalue weighted by Crippen LogP contribution is 2.31. The van der Waals surface area contributed by atoms with Crippen molar-refractivity contribution in [2.24, 2.45) is 11.5 Å². The first-order chi connectivity index (χ1) is 24.5. The maximum atomic E-state index is 13.5. The maximum absolute atomic E-state index is 13.5. The van der Waals surface area contributed by atoms with Gasteiger partial charge in [-0.15, -0.1) is 0 Å². The first-order valence-electron chi connectivity index (χ1n) is 16.3. The fourth-order valence-corrected chi connectivity index (χ4v) is 5.86. The Morgan fingerprint density at radius 1 is 0.824 bits per heavy atom. The molecule has 0 atom stereocenters. The van der Waals surface area contributed by atoms with E-state index in [1.165, 1.54) is 13.2 Å². The summed E-state index contributed by atoms with van der Waals surface area (Å²) < 4.78 is 12.4. The zero-order valence-electron chi connectivity index (χ0n) is 29.0. The summed E-state index contributed by atoms with van der Waals surface area (Å²) >= 11 is 0. The van der Waals surface area contributed by atoms with Gasteiger partial charge < -0.3 is 20.8 Å². The van der Waals surface area contributed by atoms with E-state index in [4.69, 9.17) is 16.2 Å². The molecule has 0 aliphatic heterocycles. The second-order valence-corrected chi connectivity index (χ2v) is 11.7. The first-order valence-corrected chi connectivity index (χ1v) is 16.3. The number of pyridine rings is 1. The summed E-state index contributed by atoms with van der Waals surface area (Å²) in [5, 5.41) is 14.6. The molecular weight excluding hydrogens is 654 g/mol. The molecule has 5 heterocycles. The van der Waals surface area contributed by atoms with Crippen LogP contribution in [0.4, 0.5) is 11.9 Å². The number of fused-ring (bicyclic) bond motifs is 2. The highest BCUT2D eigenvalue weighted by Gasteiger charge is 2.22.